The predicted octanol–water partition coefficient (Wildman–Crippen LogP) is 5.22. The van der Waals surface area contributed by atoms with Crippen LogP contribution in [0.15, 0.2) is 18.2 Å². The van der Waals surface area contributed by atoms with E-state index in [1.54, 1.807) is 6.07 Å². The molecule has 3 heteroatoms. The number of rotatable bonds is 7. The fourth-order valence-electron chi connectivity index (χ4n) is 3.51. The van der Waals surface area contributed by atoms with Gasteiger partial charge in [0.2, 0.25) is 0 Å². The average Bonchev–Trinajstić information content (AvgIpc) is 2.96. The minimum Gasteiger partial charge on any atom is -0.313 e. The van der Waals surface area contributed by atoms with Gasteiger partial charge in [-0.15, -0.1) is 0 Å². The SMILES string of the molecule is CCCNC(Cc1ccc(F)c(Cl)c1)C1CCC(CC)C1. The molecule has 1 aromatic carbocycles. The van der Waals surface area contributed by atoms with Crippen molar-refractivity contribution in [2.24, 2.45) is 11.8 Å². The van der Waals surface area contributed by atoms with E-state index in [4.69, 9.17) is 11.6 Å². The van der Waals surface area contributed by atoms with E-state index in [0.717, 1.165) is 36.8 Å². The Hall–Kier alpha value is -0.600. The third kappa shape index (κ3) is 4.69. The summed E-state index contributed by atoms with van der Waals surface area (Å²) in [7, 11) is 0. The second kappa shape index (κ2) is 8.14. The molecule has 3 unspecified atom stereocenters. The number of benzene rings is 1. The lowest BCUT2D eigenvalue weighted by Crippen LogP contribution is -2.37. The highest BCUT2D eigenvalue weighted by molar-refractivity contribution is 6.30. The second-order valence-corrected chi connectivity index (χ2v) is 6.77. The summed E-state index contributed by atoms with van der Waals surface area (Å²) in [4.78, 5) is 0. The van der Waals surface area contributed by atoms with Gasteiger partial charge in [0, 0.05) is 6.04 Å². The van der Waals surface area contributed by atoms with Crippen LogP contribution in [0.1, 0.15) is 51.5 Å². The Morgan fingerprint density at radius 3 is 2.76 bits per heavy atom. The lowest BCUT2D eigenvalue weighted by Gasteiger charge is -2.25. The standard InChI is InChI=1S/C18H27ClFN/c1-3-9-21-18(15-7-5-13(4-2)10-15)12-14-6-8-17(20)16(19)11-14/h6,8,11,13,15,18,21H,3-5,7,9-10,12H2,1-2H3. The first-order valence-corrected chi connectivity index (χ1v) is 8.69. The quantitative estimate of drug-likeness (QED) is 0.728. The topological polar surface area (TPSA) is 12.0 Å². The summed E-state index contributed by atoms with van der Waals surface area (Å²) >= 11 is 5.91. The molecule has 2 rings (SSSR count). The van der Waals surface area contributed by atoms with Crippen molar-refractivity contribution in [3.05, 3.63) is 34.6 Å². The molecule has 0 heterocycles. The highest BCUT2D eigenvalue weighted by Crippen LogP contribution is 2.36. The molecular formula is C18H27ClFN. The average molecular weight is 312 g/mol. The Kier molecular flexibility index (Phi) is 6.50. The van der Waals surface area contributed by atoms with Gasteiger partial charge in [-0.1, -0.05) is 44.4 Å². The molecule has 0 aliphatic heterocycles. The molecule has 0 aromatic heterocycles. The van der Waals surface area contributed by atoms with Crippen molar-refractivity contribution < 1.29 is 4.39 Å². The maximum absolute atomic E-state index is 13.3. The van der Waals surface area contributed by atoms with Crippen LogP contribution < -0.4 is 5.32 Å². The number of hydrogen-bond donors (Lipinski definition) is 1. The van der Waals surface area contributed by atoms with E-state index in [0.29, 0.717) is 6.04 Å². The highest BCUT2D eigenvalue weighted by atomic mass is 35.5. The Morgan fingerprint density at radius 1 is 1.33 bits per heavy atom. The van der Waals surface area contributed by atoms with Crippen molar-refractivity contribution in [2.45, 2.75) is 58.4 Å². The summed E-state index contributed by atoms with van der Waals surface area (Å²) in [5.41, 5.74) is 1.13. The first-order valence-electron chi connectivity index (χ1n) is 8.31. The molecule has 0 spiro atoms. The largest absolute Gasteiger partial charge is 0.313 e. The number of nitrogens with one attached hydrogen (secondary N) is 1. The van der Waals surface area contributed by atoms with Crippen LogP contribution in [-0.2, 0) is 6.42 Å². The normalized spacial score (nSPS) is 23.4. The molecule has 1 fully saturated rings. The Bertz CT molecular complexity index is 449. The van der Waals surface area contributed by atoms with Crippen LogP contribution in [-0.4, -0.2) is 12.6 Å². The van der Waals surface area contributed by atoms with Gasteiger partial charge >= 0.3 is 0 Å². The van der Waals surface area contributed by atoms with Crippen LogP contribution in [0.5, 0.6) is 0 Å². The van der Waals surface area contributed by atoms with E-state index < -0.39 is 0 Å². The van der Waals surface area contributed by atoms with Crippen molar-refractivity contribution >= 4 is 11.6 Å². The zero-order valence-electron chi connectivity index (χ0n) is 13.2. The molecule has 118 valence electrons. The highest BCUT2D eigenvalue weighted by Gasteiger charge is 2.29. The third-order valence-electron chi connectivity index (χ3n) is 4.82. The zero-order chi connectivity index (χ0) is 15.2. The Balaban J connectivity index is 2.03. The van der Waals surface area contributed by atoms with E-state index in [-0.39, 0.29) is 10.8 Å². The first-order chi connectivity index (χ1) is 10.1. The van der Waals surface area contributed by atoms with Gasteiger partial charge in [0.15, 0.2) is 0 Å². The van der Waals surface area contributed by atoms with Crippen molar-refractivity contribution in [1.82, 2.24) is 5.32 Å². The molecule has 1 saturated carbocycles. The third-order valence-corrected chi connectivity index (χ3v) is 5.11. The monoisotopic (exact) mass is 311 g/mol. The molecule has 0 bridgehead atoms. The summed E-state index contributed by atoms with van der Waals surface area (Å²) in [6.07, 6.45) is 7.38. The van der Waals surface area contributed by atoms with Gasteiger partial charge in [-0.3, -0.25) is 0 Å². The maximum Gasteiger partial charge on any atom is 0.141 e. The van der Waals surface area contributed by atoms with E-state index in [2.05, 4.69) is 19.2 Å². The number of hydrogen-bond acceptors (Lipinski definition) is 1. The molecule has 21 heavy (non-hydrogen) atoms. The van der Waals surface area contributed by atoms with Gasteiger partial charge in [-0.05, 0) is 61.8 Å². The minimum absolute atomic E-state index is 0.236. The van der Waals surface area contributed by atoms with Gasteiger partial charge in [0.25, 0.3) is 0 Å². The molecule has 1 N–H and O–H groups in total. The van der Waals surface area contributed by atoms with Crippen LogP contribution in [0.2, 0.25) is 5.02 Å². The van der Waals surface area contributed by atoms with E-state index in [9.17, 15) is 4.39 Å². The molecule has 0 amide bonds. The number of halogens is 2. The van der Waals surface area contributed by atoms with Crippen LogP contribution >= 0.6 is 11.6 Å². The maximum atomic E-state index is 13.3. The lowest BCUT2D eigenvalue weighted by molar-refractivity contribution is 0.344. The summed E-state index contributed by atoms with van der Waals surface area (Å²) in [6.45, 7) is 5.54. The Labute approximate surface area is 133 Å². The van der Waals surface area contributed by atoms with E-state index in [1.807, 2.05) is 6.07 Å². The zero-order valence-corrected chi connectivity index (χ0v) is 13.9. The van der Waals surface area contributed by atoms with Crippen molar-refractivity contribution in [2.75, 3.05) is 6.54 Å². The van der Waals surface area contributed by atoms with Gasteiger partial charge in [-0.2, -0.15) is 0 Å². The fourth-order valence-corrected chi connectivity index (χ4v) is 3.71. The lowest BCUT2D eigenvalue weighted by atomic mass is 9.90. The molecule has 0 saturated heterocycles. The smallest absolute Gasteiger partial charge is 0.141 e. The predicted molar refractivity (Wildman–Crippen MR) is 88.3 cm³/mol. The molecule has 0 radical (unpaired) electrons. The summed E-state index contributed by atoms with van der Waals surface area (Å²) < 4.78 is 13.3. The Morgan fingerprint density at radius 2 is 2.14 bits per heavy atom. The van der Waals surface area contributed by atoms with Gasteiger partial charge < -0.3 is 5.32 Å². The van der Waals surface area contributed by atoms with Crippen molar-refractivity contribution in [3.8, 4) is 0 Å². The van der Waals surface area contributed by atoms with E-state index >= 15 is 0 Å². The first kappa shape index (κ1) is 16.8. The van der Waals surface area contributed by atoms with Crippen LogP contribution in [0.4, 0.5) is 4.39 Å². The van der Waals surface area contributed by atoms with Crippen LogP contribution in [0, 0.1) is 17.7 Å². The molecular weight excluding hydrogens is 285 g/mol. The summed E-state index contributed by atoms with van der Waals surface area (Å²) in [6, 6.07) is 5.62. The molecule has 1 nitrogen and oxygen atoms in total. The van der Waals surface area contributed by atoms with Crippen molar-refractivity contribution in [1.29, 1.82) is 0 Å². The molecule has 1 aliphatic carbocycles. The van der Waals surface area contributed by atoms with Crippen LogP contribution in [0.3, 0.4) is 0 Å². The van der Waals surface area contributed by atoms with Crippen molar-refractivity contribution in [3.63, 3.8) is 0 Å². The minimum atomic E-state index is -0.328. The second-order valence-electron chi connectivity index (χ2n) is 6.36. The van der Waals surface area contributed by atoms with Gasteiger partial charge in [0.05, 0.1) is 5.02 Å². The summed E-state index contributed by atoms with van der Waals surface area (Å²) in [5, 5.41) is 3.94. The summed E-state index contributed by atoms with van der Waals surface area (Å²) in [5.74, 6) is 1.30. The molecule has 1 aliphatic rings. The fraction of sp³-hybridized carbons (Fsp3) is 0.667. The van der Waals surface area contributed by atoms with Gasteiger partial charge in [0.1, 0.15) is 5.82 Å². The van der Waals surface area contributed by atoms with E-state index in [1.165, 1.54) is 31.7 Å². The molecule has 3 atom stereocenters. The van der Waals surface area contributed by atoms with Gasteiger partial charge in [-0.25, -0.2) is 4.39 Å². The molecule has 1 aromatic rings. The van der Waals surface area contributed by atoms with Crippen LogP contribution in [0.25, 0.3) is 0 Å².